The Hall–Kier alpha value is -2.81. The highest BCUT2D eigenvalue weighted by atomic mass is 35.5. The lowest BCUT2D eigenvalue weighted by atomic mass is 9.97. The molecule has 33 heavy (non-hydrogen) atoms. The molecule has 2 aromatic carbocycles. The summed E-state index contributed by atoms with van der Waals surface area (Å²) in [5, 5.41) is 6.17. The van der Waals surface area contributed by atoms with Gasteiger partial charge in [-0.05, 0) is 49.2 Å². The van der Waals surface area contributed by atoms with Crippen LogP contribution in [0.15, 0.2) is 46.9 Å². The van der Waals surface area contributed by atoms with Gasteiger partial charge in [0.15, 0.2) is 6.61 Å². The second-order valence-electron chi connectivity index (χ2n) is 7.77. The number of hydrazine groups is 1. The van der Waals surface area contributed by atoms with Crippen molar-refractivity contribution in [3.05, 3.63) is 64.1 Å². The van der Waals surface area contributed by atoms with Crippen LogP contribution < -0.4 is 15.5 Å². The SMILES string of the molecule is O=C(COc1ccc(Cl)c(F)c1)NN1CCC(C(=O)NCc2cc3cc(Cl)ccc3o2)CC1. The van der Waals surface area contributed by atoms with Crippen LogP contribution in [-0.2, 0) is 16.1 Å². The van der Waals surface area contributed by atoms with Crippen LogP contribution in [-0.4, -0.2) is 36.5 Å². The summed E-state index contributed by atoms with van der Waals surface area (Å²) in [6.07, 6.45) is 1.20. The lowest BCUT2D eigenvalue weighted by molar-refractivity contribution is -0.130. The summed E-state index contributed by atoms with van der Waals surface area (Å²) in [5.41, 5.74) is 3.46. The van der Waals surface area contributed by atoms with Crippen molar-refractivity contribution in [2.24, 2.45) is 5.92 Å². The van der Waals surface area contributed by atoms with Gasteiger partial charge in [-0.15, -0.1) is 0 Å². The number of halogens is 3. The van der Waals surface area contributed by atoms with E-state index in [-0.39, 0.29) is 35.1 Å². The van der Waals surface area contributed by atoms with E-state index in [0.717, 1.165) is 17.0 Å². The molecule has 2 N–H and O–H groups in total. The van der Waals surface area contributed by atoms with Gasteiger partial charge in [0.2, 0.25) is 5.91 Å². The highest BCUT2D eigenvalue weighted by Gasteiger charge is 2.26. The molecule has 1 aromatic heterocycles. The lowest BCUT2D eigenvalue weighted by Gasteiger charge is -2.31. The molecule has 10 heteroatoms. The number of benzene rings is 2. The van der Waals surface area contributed by atoms with Crippen molar-refractivity contribution < 1.29 is 23.1 Å². The number of fused-ring (bicyclic) bond motifs is 1. The molecule has 3 aromatic rings. The third kappa shape index (κ3) is 6.16. The number of hydrogen-bond acceptors (Lipinski definition) is 5. The van der Waals surface area contributed by atoms with Gasteiger partial charge in [-0.2, -0.15) is 0 Å². The van der Waals surface area contributed by atoms with Crippen molar-refractivity contribution in [2.75, 3.05) is 19.7 Å². The quantitative estimate of drug-likeness (QED) is 0.512. The van der Waals surface area contributed by atoms with Crippen LogP contribution >= 0.6 is 23.2 Å². The molecule has 0 spiro atoms. The fourth-order valence-corrected chi connectivity index (χ4v) is 3.95. The van der Waals surface area contributed by atoms with E-state index in [1.54, 1.807) is 17.1 Å². The summed E-state index contributed by atoms with van der Waals surface area (Å²) in [7, 11) is 0. The summed E-state index contributed by atoms with van der Waals surface area (Å²) >= 11 is 11.6. The fourth-order valence-electron chi connectivity index (χ4n) is 3.65. The Morgan fingerprint density at radius 1 is 1.12 bits per heavy atom. The number of amides is 2. The number of piperidine rings is 1. The predicted octanol–water partition coefficient (Wildman–Crippen LogP) is 4.32. The summed E-state index contributed by atoms with van der Waals surface area (Å²) in [6, 6.07) is 11.2. The van der Waals surface area contributed by atoms with Crippen LogP contribution in [0.25, 0.3) is 11.0 Å². The minimum Gasteiger partial charge on any atom is -0.484 e. The average molecular weight is 494 g/mol. The maximum absolute atomic E-state index is 13.4. The zero-order valence-electron chi connectivity index (χ0n) is 17.6. The third-order valence-corrected chi connectivity index (χ3v) is 5.92. The van der Waals surface area contributed by atoms with E-state index in [1.807, 2.05) is 12.1 Å². The van der Waals surface area contributed by atoms with Crippen LogP contribution in [0.1, 0.15) is 18.6 Å². The number of furan rings is 1. The van der Waals surface area contributed by atoms with Gasteiger partial charge in [-0.1, -0.05) is 23.2 Å². The molecule has 1 fully saturated rings. The topological polar surface area (TPSA) is 83.8 Å². The molecule has 7 nitrogen and oxygen atoms in total. The molecule has 1 aliphatic rings. The Bertz CT molecular complexity index is 1160. The standard InChI is InChI=1S/C23H22Cl2FN3O4/c24-16-1-4-21-15(9-16)10-18(33-21)12-27-23(31)14-5-7-29(8-6-14)28-22(30)13-32-17-2-3-19(25)20(26)11-17/h1-4,9-11,14H,5-8,12-13H2,(H,27,31)(H,28,30). The van der Waals surface area contributed by atoms with E-state index < -0.39 is 5.82 Å². The van der Waals surface area contributed by atoms with E-state index >= 15 is 0 Å². The molecule has 0 saturated carbocycles. The summed E-state index contributed by atoms with van der Waals surface area (Å²) in [4.78, 5) is 24.7. The Labute approximate surface area is 199 Å². The van der Waals surface area contributed by atoms with Crippen molar-refractivity contribution in [1.29, 1.82) is 0 Å². The maximum atomic E-state index is 13.4. The molecule has 0 radical (unpaired) electrons. The number of hydrogen-bond donors (Lipinski definition) is 2. The molecule has 0 bridgehead atoms. The minimum absolute atomic E-state index is 0.0128. The normalized spacial score (nSPS) is 14.9. The summed E-state index contributed by atoms with van der Waals surface area (Å²) in [5.74, 6) is -0.295. The second kappa shape index (κ2) is 10.4. The first-order valence-corrected chi connectivity index (χ1v) is 11.2. The number of carbonyl (C=O) groups excluding carboxylic acids is 2. The molecule has 174 valence electrons. The Morgan fingerprint density at radius 3 is 2.67 bits per heavy atom. The highest BCUT2D eigenvalue weighted by molar-refractivity contribution is 6.31. The van der Waals surface area contributed by atoms with Crippen molar-refractivity contribution >= 4 is 46.0 Å². The van der Waals surface area contributed by atoms with Crippen molar-refractivity contribution in [3.63, 3.8) is 0 Å². The van der Waals surface area contributed by atoms with Gasteiger partial charge in [-0.3, -0.25) is 15.0 Å². The van der Waals surface area contributed by atoms with Crippen LogP contribution in [0.2, 0.25) is 10.0 Å². The van der Waals surface area contributed by atoms with Crippen LogP contribution in [0, 0.1) is 11.7 Å². The first-order chi connectivity index (χ1) is 15.9. The smallest absolute Gasteiger partial charge is 0.272 e. The molecule has 0 unspecified atom stereocenters. The van der Waals surface area contributed by atoms with Gasteiger partial charge >= 0.3 is 0 Å². The Balaban J connectivity index is 1.18. The van der Waals surface area contributed by atoms with Crippen LogP contribution in [0.3, 0.4) is 0 Å². The van der Waals surface area contributed by atoms with Crippen LogP contribution in [0.4, 0.5) is 4.39 Å². The van der Waals surface area contributed by atoms with E-state index in [0.29, 0.717) is 43.3 Å². The predicted molar refractivity (Wildman–Crippen MR) is 122 cm³/mol. The lowest BCUT2D eigenvalue weighted by Crippen LogP contribution is -2.49. The molecule has 4 rings (SSSR count). The van der Waals surface area contributed by atoms with Gasteiger partial charge in [0.1, 0.15) is 22.9 Å². The van der Waals surface area contributed by atoms with Crippen molar-refractivity contribution in [2.45, 2.75) is 19.4 Å². The molecular weight excluding hydrogens is 472 g/mol. The molecule has 1 saturated heterocycles. The maximum Gasteiger partial charge on any atom is 0.272 e. The van der Waals surface area contributed by atoms with E-state index in [9.17, 15) is 14.0 Å². The third-order valence-electron chi connectivity index (χ3n) is 5.38. The fraction of sp³-hybridized carbons (Fsp3) is 0.304. The van der Waals surface area contributed by atoms with Crippen molar-refractivity contribution in [1.82, 2.24) is 15.8 Å². The Morgan fingerprint density at radius 2 is 1.91 bits per heavy atom. The summed E-state index contributed by atoms with van der Waals surface area (Å²) < 4.78 is 24.4. The highest BCUT2D eigenvalue weighted by Crippen LogP contribution is 2.23. The number of carbonyl (C=O) groups is 2. The van der Waals surface area contributed by atoms with Gasteiger partial charge in [0.05, 0.1) is 11.6 Å². The number of nitrogens with zero attached hydrogens (tertiary/aromatic N) is 1. The monoisotopic (exact) mass is 493 g/mol. The van der Waals surface area contributed by atoms with Crippen molar-refractivity contribution in [3.8, 4) is 5.75 Å². The molecule has 2 amide bonds. The van der Waals surface area contributed by atoms with Gasteiger partial charge in [0, 0.05) is 35.5 Å². The number of ether oxygens (including phenoxy) is 1. The molecular formula is C23H22Cl2FN3O4. The number of rotatable bonds is 7. The second-order valence-corrected chi connectivity index (χ2v) is 8.62. The zero-order valence-corrected chi connectivity index (χ0v) is 19.1. The van der Waals surface area contributed by atoms with E-state index in [1.165, 1.54) is 12.1 Å². The molecule has 0 aliphatic carbocycles. The zero-order chi connectivity index (χ0) is 23.4. The number of nitrogens with one attached hydrogen (secondary N) is 2. The first kappa shape index (κ1) is 23.4. The molecule has 1 aliphatic heterocycles. The Kier molecular flexibility index (Phi) is 7.37. The average Bonchev–Trinajstić information content (AvgIpc) is 3.21. The first-order valence-electron chi connectivity index (χ1n) is 10.5. The minimum atomic E-state index is -0.611. The largest absolute Gasteiger partial charge is 0.484 e. The van der Waals surface area contributed by atoms with Gasteiger partial charge in [-0.25, -0.2) is 9.40 Å². The summed E-state index contributed by atoms with van der Waals surface area (Å²) in [6.45, 7) is 1.10. The van der Waals surface area contributed by atoms with Gasteiger partial charge in [0.25, 0.3) is 5.91 Å². The van der Waals surface area contributed by atoms with E-state index in [2.05, 4.69) is 10.7 Å². The molecule has 2 heterocycles. The molecule has 0 atom stereocenters. The van der Waals surface area contributed by atoms with Gasteiger partial charge < -0.3 is 14.5 Å². The van der Waals surface area contributed by atoms with Crippen LogP contribution in [0.5, 0.6) is 5.75 Å². The van der Waals surface area contributed by atoms with E-state index in [4.69, 9.17) is 32.4 Å².